The molecular weight excluding hydrogens is 507 g/mol. The van der Waals surface area contributed by atoms with Crippen LogP contribution in [0.5, 0.6) is 11.5 Å². The molecule has 5 nitrogen and oxygen atoms in total. The van der Waals surface area contributed by atoms with E-state index in [1.165, 1.54) is 27.2 Å². The van der Waals surface area contributed by atoms with Crippen molar-refractivity contribution in [2.24, 2.45) is 0 Å². The third-order valence-corrected chi connectivity index (χ3v) is 8.65. The molecule has 0 aliphatic carbocycles. The largest absolute Gasteiger partial charge is 0.497 e. The average Bonchev–Trinajstić information content (AvgIpc) is 3.36. The summed E-state index contributed by atoms with van der Waals surface area (Å²) >= 11 is 5.06. The van der Waals surface area contributed by atoms with E-state index in [0.29, 0.717) is 0 Å². The van der Waals surface area contributed by atoms with Gasteiger partial charge in [-0.2, -0.15) is 0 Å². The summed E-state index contributed by atoms with van der Waals surface area (Å²) in [5.41, 5.74) is 6.17. The molecule has 0 amide bonds. The SMILES string of the molecule is C/C=C(/SNc1nc(CSN(Cc2ccc(OC)cc2)Cc2ccc(OC)cc2)cs1)C(C)=C(C)C. The Labute approximate surface area is 228 Å². The molecule has 8 heteroatoms. The summed E-state index contributed by atoms with van der Waals surface area (Å²) < 4.78 is 16.4. The van der Waals surface area contributed by atoms with Gasteiger partial charge in [0.2, 0.25) is 0 Å². The highest BCUT2D eigenvalue weighted by atomic mass is 32.2. The van der Waals surface area contributed by atoms with Crippen LogP contribution in [-0.4, -0.2) is 23.5 Å². The van der Waals surface area contributed by atoms with E-state index < -0.39 is 0 Å². The lowest BCUT2D eigenvalue weighted by Crippen LogP contribution is -2.15. The van der Waals surface area contributed by atoms with Crippen LogP contribution in [0.25, 0.3) is 0 Å². The number of nitrogens with zero attached hydrogens (tertiary/aromatic N) is 2. The van der Waals surface area contributed by atoms with E-state index in [2.05, 4.69) is 72.4 Å². The highest BCUT2D eigenvalue weighted by Gasteiger charge is 2.12. The molecule has 36 heavy (non-hydrogen) atoms. The van der Waals surface area contributed by atoms with Crippen LogP contribution in [0.15, 0.2) is 76.0 Å². The zero-order valence-electron chi connectivity index (χ0n) is 21.8. The second-order valence-electron chi connectivity index (χ2n) is 8.39. The topological polar surface area (TPSA) is 46.6 Å². The number of thiazole rings is 1. The van der Waals surface area contributed by atoms with Crippen molar-refractivity contribution in [1.29, 1.82) is 0 Å². The van der Waals surface area contributed by atoms with Gasteiger partial charge in [0.15, 0.2) is 5.13 Å². The Morgan fingerprint density at radius 1 is 0.944 bits per heavy atom. The number of hydrogen-bond donors (Lipinski definition) is 1. The monoisotopic (exact) mass is 541 g/mol. The number of benzene rings is 2. The summed E-state index contributed by atoms with van der Waals surface area (Å²) in [4.78, 5) is 6.04. The first-order chi connectivity index (χ1) is 17.4. The minimum Gasteiger partial charge on any atom is -0.497 e. The number of rotatable bonds is 13. The minimum absolute atomic E-state index is 0.804. The third-order valence-electron chi connectivity index (χ3n) is 5.61. The lowest BCUT2D eigenvalue weighted by molar-refractivity contribution is 0.413. The van der Waals surface area contributed by atoms with Crippen LogP contribution < -0.4 is 14.2 Å². The number of allylic oxidation sites excluding steroid dienone is 3. The van der Waals surface area contributed by atoms with Crippen LogP contribution in [0.4, 0.5) is 5.13 Å². The molecule has 0 fully saturated rings. The lowest BCUT2D eigenvalue weighted by atomic mass is 10.1. The molecule has 0 saturated carbocycles. The Hall–Kier alpha value is -2.39. The van der Waals surface area contributed by atoms with Gasteiger partial charge in [-0.1, -0.05) is 47.9 Å². The summed E-state index contributed by atoms with van der Waals surface area (Å²) in [6.45, 7) is 10.1. The molecule has 3 aromatic rings. The smallest absolute Gasteiger partial charge is 0.193 e. The molecule has 0 atom stereocenters. The average molecular weight is 542 g/mol. The van der Waals surface area contributed by atoms with Crippen LogP contribution in [-0.2, 0) is 18.8 Å². The number of anilines is 1. The Balaban J connectivity index is 1.64. The molecule has 1 aromatic heterocycles. The highest BCUT2D eigenvalue weighted by molar-refractivity contribution is 8.04. The van der Waals surface area contributed by atoms with Gasteiger partial charge in [-0.15, -0.1) is 11.3 Å². The van der Waals surface area contributed by atoms with Gasteiger partial charge in [0.25, 0.3) is 0 Å². The molecule has 0 radical (unpaired) electrons. The molecule has 1 heterocycles. The fourth-order valence-corrected chi connectivity index (χ4v) is 5.93. The molecule has 0 aliphatic rings. The van der Waals surface area contributed by atoms with Crippen molar-refractivity contribution in [1.82, 2.24) is 9.29 Å². The third kappa shape index (κ3) is 8.62. The van der Waals surface area contributed by atoms with E-state index in [-0.39, 0.29) is 0 Å². The number of ether oxygens (including phenoxy) is 2. The summed E-state index contributed by atoms with van der Waals surface area (Å²) in [6, 6.07) is 16.5. The fraction of sp³-hybridized carbons (Fsp3) is 0.321. The fourth-order valence-electron chi connectivity index (χ4n) is 3.29. The summed E-state index contributed by atoms with van der Waals surface area (Å²) in [7, 11) is 3.39. The summed E-state index contributed by atoms with van der Waals surface area (Å²) in [6.07, 6.45) is 2.14. The molecule has 1 N–H and O–H groups in total. The zero-order valence-corrected chi connectivity index (χ0v) is 24.3. The van der Waals surface area contributed by atoms with Crippen LogP contribution >= 0.6 is 35.2 Å². The van der Waals surface area contributed by atoms with E-state index in [1.54, 1.807) is 49.5 Å². The number of hydrogen-bond acceptors (Lipinski definition) is 8. The molecule has 0 bridgehead atoms. The van der Waals surface area contributed by atoms with Crippen LogP contribution in [0.1, 0.15) is 44.5 Å². The van der Waals surface area contributed by atoms with Gasteiger partial charge in [-0.25, -0.2) is 9.29 Å². The van der Waals surface area contributed by atoms with Crippen LogP contribution in [0.3, 0.4) is 0 Å². The predicted octanol–water partition coefficient (Wildman–Crippen LogP) is 8.33. The van der Waals surface area contributed by atoms with Gasteiger partial charge in [0.05, 0.1) is 25.7 Å². The van der Waals surface area contributed by atoms with Crippen molar-refractivity contribution in [3.05, 3.63) is 92.9 Å². The first-order valence-corrected chi connectivity index (χ1v) is 14.4. The standard InChI is InChI=1S/C28H35N3O2S3/c1-7-27(21(4)20(2)3)36-30-28-29-24(18-34-28)19-35-31(16-22-8-12-25(32-5)13-9-22)17-23-10-14-26(33-6)15-11-23/h7-15,18H,16-17,19H2,1-6H3,(H,29,30)/b27-7+. The van der Waals surface area contributed by atoms with Crippen molar-refractivity contribution >= 4 is 40.4 Å². The molecule has 0 unspecified atom stereocenters. The van der Waals surface area contributed by atoms with Gasteiger partial charge >= 0.3 is 0 Å². The van der Waals surface area contributed by atoms with Crippen LogP contribution in [0, 0.1) is 0 Å². The van der Waals surface area contributed by atoms with E-state index in [9.17, 15) is 0 Å². The van der Waals surface area contributed by atoms with E-state index in [1.807, 2.05) is 24.3 Å². The van der Waals surface area contributed by atoms with Gasteiger partial charge in [-0.05, 0) is 80.6 Å². The van der Waals surface area contributed by atoms with E-state index in [4.69, 9.17) is 14.5 Å². The molecule has 0 saturated heterocycles. The maximum Gasteiger partial charge on any atom is 0.193 e. The molecule has 192 valence electrons. The van der Waals surface area contributed by atoms with Gasteiger partial charge in [0, 0.05) is 23.4 Å². The Bertz CT molecular complexity index is 1100. The molecule has 0 aliphatic heterocycles. The predicted molar refractivity (Wildman–Crippen MR) is 158 cm³/mol. The van der Waals surface area contributed by atoms with Crippen LogP contribution in [0.2, 0.25) is 0 Å². The molecule has 2 aromatic carbocycles. The second kappa shape index (κ2) is 14.4. The quantitative estimate of drug-likeness (QED) is 0.172. The van der Waals surface area contributed by atoms with E-state index in [0.717, 1.165) is 41.2 Å². The van der Waals surface area contributed by atoms with Crippen molar-refractivity contribution in [2.75, 3.05) is 18.9 Å². The Morgan fingerprint density at radius 3 is 1.97 bits per heavy atom. The van der Waals surface area contributed by atoms with Crippen molar-refractivity contribution in [3.8, 4) is 11.5 Å². The van der Waals surface area contributed by atoms with Gasteiger partial charge in [-0.3, -0.25) is 0 Å². The van der Waals surface area contributed by atoms with Gasteiger partial charge in [0.1, 0.15) is 11.5 Å². The molecule has 0 spiro atoms. The normalized spacial score (nSPS) is 11.5. The Kier molecular flexibility index (Phi) is 11.3. The summed E-state index contributed by atoms with van der Waals surface area (Å²) in [5, 5.41) is 3.06. The van der Waals surface area contributed by atoms with Crippen molar-refractivity contribution in [2.45, 2.75) is 46.5 Å². The summed E-state index contributed by atoms with van der Waals surface area (Å²) in [5.74, 6) is 2.54. The van der Waals surface area contributed by atoms with Gasteiger partial charge < -0.3 is 14.2 Å². The number of aromatic nitrogens is 1. The molecular formula is C28H35N3O2S3. The first-order valence-electron chi connectivity index (χ1n) is 11.7. The maximum atomic E-state index is 5.31. The Morgan fingerprint density at radius 2 is 1.50 bits per heavy atom. The maximum absolute atomic E-state index is 5.31. The zero-order chi connectivity index (χ0) is 25.9. The first kappa shape index (κ1) is 28.2. The second-order valence-corrected chi connectivity index (χ2v) is 11.2. The highest BCUT2D eigenvalue weighted by Crippen LogP contribution is 2.30. The van der Waals surface area contributed by atoms with Crippen molar-refractivity contribution < 1.29 is 9.47 Å². The number of nitrogens with one attached hydrogen (secondary N) is 1. The van der Waals surface area contributed by atoms with E-state index >= 15 is 0 Å². The lowest BCUT2D eigenvalue weighted by Gasteiger charge is -2.21. The van der Waals surface area contributed by atoms with Crippen molar-refractivity contribution in [3.63, 3.8) is 0 Å². The minimum atomic E-state index is 0.804. The molecule has 3 rings (SSSR count). The number of methoxy groups -OCH3 is 2.